The first-order valence-corrected chi connectivity index (χ1v) is 7.23. The van der Waals surface area contributed by atoms with E-state index in [-0.39, 0.29) is 6.10 Å². The lowest BCUT2D eigenvalue weighted by molar-refractivity contribution is 0.00528. The molecule has 1 atom stereocenters. The highest BCUT2D eigenvalue weighted by Crippen LogP contribution is 2.10. The van der Waals surface area contributed by atoms with E-state index in [1.165, 1.54) is 0 Å². The third-order valence-electron chi connectivity index (χ3n) is 3.71. The number of rotatable bonds is 2. The zero-order valence-electron chi connectivity index (χ0n) is 12.5. The molecule has 0 saturated carbocycles. The number of morpholine rings is 1. The number of ether oxygens (including phenoxy) is 1. The number of hydrogen-bond donors (Lipinski definition) is 1. The van der Waals surface area contributed by atoms with Gasteiger partial charge in [-0.05, 0) is 26.0 Å². The van der Waals surface area contributed by atoms with Crippen molar-refractivity contribution in [2.24, 2.45) is 10.7 Å². The van der Waals surface area contributed by atoms with E-state index in [1.54, 1.807) is 0 Å². The van der Waals surface area contributed by atoms with Crippen LogP contribution in [0.2, 0.25) is 0 Å². The lowest BCUT2D eigenvalue weighted by atomic mass is 10.3. The van der Waals surface area contributed by atoms with Crippen molar-refractivity contribution in [3.63, 3.8) is 0 Å². The van der Waals surface area contributed by atoms with E-state index in [2.05, 4.69) is 32.3 Å². The van der Waals surface area contributed by atoms with E-state index >= 15 is 0 Å². The Morgan fingerprint density at radius 3 is 3.14 bits per heavy atom. The minimum absolute atomic E-state index is 0.199. The molecule has 6 nitrogen and oxygen atoms in total. The molecule has 21 heavy (non-hydrogen) atoms. The number of imidazole rings is 1. The van der Waals surface area contributed by atoms with Gasteiger partial charge in [-0.3, -0.25) is 0 Å². The Bertz CT molecular complexity index is 663. The number of aryl methyl sites for hydroxylation is 1. The second kappa shape index (κ2) is 5.73. The van der Waals surface area contributed by atoms with Crippen LogP contribution in [-0.4, -0.2) is 46.0 Å². The average Bonchev–Trinajstić information content (AvgIpc) is 2.89. The van der Waals surface area contributed by atoms with Crippen LogP contribution in [0.4, 0.5) is 0 Å². The lowest BCUT2D eigenvalue weighted by Crippen LogP contribution is -2.47. The summed E-state index contributed by atoms with van der Waals surface area (Å²) in [6.07, 6.45) is 2.22. The molecular formula is C15H21N5O. The van der Waals surface area contributed by atoms with Crippen molar-refractivity contribution in [1.29, 1.82) is 0 Å². The van der Waals surface area contributed by atoms with Gasteiger partial charge < -0.3 is 19.8 Å². The van der Waals surface area contributed by atoms with Crippen LogP contribution in [-0.2, 0) is 11.3 Å². The first-order chi connectivity index (χ1) is 10.1. The molecule has 2 N–H and O–H groups in total. The number of nitrogens with zero attached hydrogens (tertiary/aromatic N) is 4. The molecule has 1 fully saturated rings. The van der Waals surface area contributed by atoms with Crippen LogP contribution in [0.5, 0.6) is 0 Å². The molecule has 0 amide bonds. The van der Waals surface area contributed by atoms with Gasteiger partial charge in [0.25, 0.3) is 0 Å². The highest BCUT2D eigenvalue weighted by molar-refractivity contribution is 5.78. The molecule has 3 heterocycles. The lowest BCUT2D eigenvalue weighted by Gasteiger charge is -2.31. The van der Waals surface area contributed by atoms with E-state index in [4.69, 9.17) is 10.5 Å². The zero-order valence-corrected chi connectivity index (χ0v) is 12.5. The summed E-state index contributed by atoms with van der Waals surface area (Å²) in [6.45, 7) is 6.89. The van der Waals surface area contributed by atoms with Gasteiger partial charge in [0.2, 0.25) is 0 Å². The van der Waals surface area contributed by atoms with Gasteiger partial charge in [-0.1, -0.05) is 6.07 Å². The molecular weight excluding hydrogens is 266 g/mol. The summed E-state index contributed by atoms with van der Waals surface area (Å²) in [6, 6.07) is 6.06. The molecule has 112 valence electrons. The van der Waals surface area contributed by atoms with Crippen LogP contribution < -0.4 is 5.73 Å². The Hall–Kier alpha value is -2.08. The van der Waals surface area contributed by atoms with Gasteiger partial charge in [0, 0.05) is 25.0 Å². The van der Waals surface area contributed by atoms with Crippen molar-refractivity contribution in [2.75, 3.05) is 19.7 Å². The predicted molar refractivity (Wildman–Crippen MR) is 82.2 cm³/mol. The second-order valence-electron chi connectivity index (χ2n) is 5.43. The third-order valence-corrected chi connectivity index (χ3v) is 3.71. The largest absolute Gasteiger partial charge is 0.375 e. The van der Waals surface area contributed by atoms with Gasteiger partial charge >= 0.3 is 0 Å². The first-order valence-electron chi connectivity index (χ1n) is 7.23. The number of fused-ring (bicyclic) bond motifs is 1. The molecule has 1 saturated heterocycles. The third kappa shape index (κ3) is 3.00. The van der Waals surface area contributed by atoms with E-state index in [0.29, 0.717) is 19.1 Å². The molecule has 0 radical (unpaired) electrons. The number of nitrogens with two attached hydrogens (primary N) is 1. The van der Waals surface area contributed by atoms with Gasteiger partial charge in [-0.2, -0.15) is 0 Å². The summed E-state index contributed by atoms with van der Waals surface area (Å²) < 4.78 is 7.57. The molecule has 3 rings (SSSR count). The number of aliphatic imine (C=N–C) groups is 1. The smallest absolute Gasteiger partial charge is 0.191 e. The van der Waals surface area contributed by atoms with E-state index in [9.17, 15) is 0 Å². The Balaban J connectivity index is 1.72. The Morgan fingerprint density at radius 1 is 1.52 bits per heavy atom. The Labute approximate surface area is 124 Å². The summed E-state index contributed by atoms with van der Waals surface area (Å²) in [4.78, 5) is 11.1. The number of pyridine rings is 1. The monoisotopic (exact) mass is 287 g/mol. The minimum atomic E-state index is 0.199. The van der Waals surface area contributed by atoms with E-state index in [1.807, 2.05) is 25.3 Å². The molecule has 6 heteroatoms. The molecule has 1 aliphatic rings. The summed E-state index contributed by atoms with van der Waals surface area (Å²) in [7, 11) is 0. The minimum Gasteiger partial charge on any atom is -0.375 e. The maximum Gasteiger partial charge on any atom is 0.191 e. The molecule has 1 unspecified atom stereocenters. The normalized spacial score (nSPS) is 20.2. The number of guanidine groups is 1. The van der Waals surface area contributed by atoms with Gasteiger partial charge in [-0.15, -0.1) is 0 Å². The average molecular weight is 287 g/mol. The highest BCUT2D eigenvalue weighted by atomic mass is 16.5. The molecule has 0 aromatic carbocycles. The van der Waals surface area contributed by atoms with Crippen LogP contribution in [0.3, 0.4) is 0 Å². The summed E-state index contributed by atoms with van der Waals surface area (Å²) >= 11 is 0. The fraction of sp³-hybridized carbons (Fsp3) is 0.467. The Morgan fingerprint density at radius 2 is 2.38 bits per heavy atom. The van der Waals surface area contributed by atoms with Gasteiger partial charge in [0.1, 0.15) is 5.65 Å². The fourth-order valence-electron chi connectivity index (χ4n) is 2.56. The van der Waals surface area contributed by atoms with Gasteiger partial charge in [0.15, 0.2) is 5.96 Å². The molecule has 0 spiro atoms. The van der Waals surface area contributed by atoms with Crippen molar-refractivity contribution in [2.45, 2.75) is 26.5 Å². The summed E-state index contributed by atoms with van der Waals surface area (Å²) in [5.41, 5.74) is 9.09. The van der Waals surface area contributed by atoms with Crippen LogP contribution in [0.25, 0.3) is 5.65 Å². The standard InChI is InChI=1S/C15H21N5O/c1-11-4-3-5-14-18-13(10-20(11)14)8-17-15(16)19-6-7-21-12(2)9-19/h3-5,10,12H,6-9H2,1-2H3,(H2,16,17). The van der Waals surface area contributed by atoms with Crippen LogP contribution >= 0.6 is 0 Å². The molecule has 2 aromatic heterocycles. The van der Waals surface area contributed by atoms with Crippen LogP contribution in [0, 0.1) is 6.92 Å². The van der Waals surface area contributed by atoms with Crippen LogP contribution in [0.1, 0.15) is 18.3 Å². The zero-order chi connectivity index (χ0) is 14.8. The second-order valence-corrected chi connectivity index (χ2v) is 5.43. The SMILES string of the molecule is Cc1cccc2nc(CN=C(N)N3CCOC(C)C3)cn12. The molecule has 0 bridgehead atoms. The maximum absolute atomic E-state index is 6.07. The van der Waals surface area contributed by atoms with Crippen molar-refractivity contribution < 1.29 is 4.74 Å². The quantitative estimate of drug-likeness (QED) is 0.665. The number of hydrogen-bond acceptors (Lipinski definition) is 3. The summed E-state index contributed by atoms with van der Waals surface area (Å²) in [5, 5.41) is 0. The van der Waals surface area contributed by atoms with E-state index < -0.39 is 0 Å². The van der Waals surface area contributed by atoms with Crippen molar-refractivity contribution >= 4 is 11.6 Å². The molecule has 2 aromatic rings. The van der Waals surface area contributed by atoms with Crippen molar-refractivity contribution in [3.05, 3.63) is 35.8 Å². The van der Waals surface area contributed by atoms with Crippen molar-refractivity contribution in [3.8, 4) is 0 Å². The Kier molecular flexibility index (Phi) is 3.79. The predicted octanol–water partition coefficient (Wildman–Crippen LogP) is 1.18. The maximum atomic E-state index is 6.07. The van der Waals surface area contributed by atoms with E-state index in [0.717, 1.165) is 30.1 Å². The fourth-order valence-corrected chi connectivity index (χ4v) is 2.56. The molecule has 1 aliphatic heterocycles. The van der Waals surface area contributed by atoms with Crippen LogP contribution in [0.15, 0.2) is 29.4 Å². The molecule has 0 aliphatic carbocycles. The number of aromatic nitrogens is 2. The topological polar surface area (TPSA) is 68.1 Å². The highest BCUT2D eigenvalue weighted by Gasteiger charge is 2.17. The summed E-state index contributed by atoms with van der Waals surface area (Å²) in [5.74, 6) is 0.568. The first kappa shape index (κ1) is 13.9. The van der Waals surface area contributed by atoms with Gasteiger partial charge in [-0.25, -0.2) is 9.98 Å². The van der Waals surface area contributed by atoms with Crippen molar-refractivity contribution in [1.82, 2.24) is 14.3 Å². The van der Waals surface area contributed by atoms with Gasteiger partial charge in [0.05, 0.1) is 24.9 Å².